The summed E-state index contributed by atoms with van der Waals surface area (Å²) < 4.78 is 1.80. The van der Waals surface area contributed by atoms with Gasteiger partial charge in [-0.3, -0.25) is 9.48 Å². The predicted molar refractivity (Wildman–Crippen MR) is 74.9 cm³/mol. The molecule has 2 N–H and O–H groups in total. The van der Waals surface area contributed by atoms with Gasteiger partial charge < -0.3 is 10.6 Å². The highest BCUT2D eigenvalue weighted by Gasteiger charge is 2.11. The van der Waals surface area contributed by atoms with Crippen LogP contribution in [0.5, 0.6) is 0 Å². The number of carbonyl (C=O) groups excluding carboxylic acids is 1. The summed E-state index contributed by atoms with van der Waals surface area (Å²) in [5.41, 5.74) is 1.88. The van der Waals surface area contributed by atoms with Gasteiger partial charge in [0.25, 0.3) is 0 Å². The first kappa shape index (κ1) is 13.3. The number of rotatable bonds is 5. The number of nitrogens with zero attached hydrogens (tertiary/aromatic N) is 2. The van der Waals surface area contributed by atoms with E-state index in [1.807, 2.05) is 43.5 Å². The molecule has 100 valence electrons. The molecule has 5 nitrogen and oxygen atoms in total. The summed E-state index contributed by atoms with van der Waals surface area (Å²) in [4.78, 5) is 11.7. The van der Waals surface area contributed by atoms with E-state index in [4.69, 9.17) is 0 Å². The molecule has 0 aliphatic rings. The molecule has 0 saturated carbocycles. The Kier molecular flexibility index (Phi) is 4.30. The standard InChI is InChI=1S/C14H18N4O/c1-11(15-2)14(19)17-13-8-16-18(10-13)9-12-6-4-3-5-7-12/h3-8,10-11,15H,9H2,1-2H3,(H,17,19). The fraction of sp³-hybridized carbons (Fsp3) is 0.286. The molecule has 0 aliphatic heterocycles. The normalized spacial score (nSPS) is 12.1. The van der Waals surface area contributed by atoms with Crippen molar-refractivity contribution in [1.29, 1.82) is 0 Å². The summed E-state index contributed by atoms with van der Waals surface area (Å²) >= 11 is 0. The highest BCUT2D eigenvalue weighted by Crippen LogP contribution is 2.08. The molecular weight excluding hydrogens is 240 g/mol. The number of amides is 1. The summed E-state index contributed by atoms with van der Waals surface area (Å²) in [6.07, 6.45) is 3.48. The maximum Gasteiger partial charge on any atom is 0.241 e. The Balaban J connectivity index is 1.98. The Labute approximate surface area is 112 Å². The maximum absolute atomic E-state index is 11.7. The average Bonchev–Trinajstić information content (AvgIpc) is 2.86. The van der Waals surface area contributed by atoms with E-state index < -0.39 is 0 Å². The van der Waals surface area contributed by atoms with E-state index in [-0.39, 0.29) is 11.9 Å². The lowest BCUT2D eigenvalue weighted by atomic mass is 10.2. The topological polar surface area (TPSA) is 59.0 Å². The van der Waals surface area contributed by atoms with Crippen LogP contribution in [0.15, 0.2) is 42.7 Å². The van der Waals surface area contributed by atoms with E-state index in [0.717, 1.165) is 0 Å². The molecule has 0 bridgehead atoms. The third-order valence-electron chi connectivity index (χ3n) is 2.91. The molecule has 2 aromatic rings. The second-order valence-electron chi connectivity index (χ2n) is 4.41. The molecule has 1 aromatic heterocycles. The third-order valence-corrected chi connectivity index (χ3v) is 2.91. The van der Waals surface area contributed by atoms with Crippen LogP contribution >= 0.6 is 0 Å². The van der Waals surface area contributed by atoms with Crippen molar-refractivity contribution >= 4 is 11.6 Å². The molecule has 1 aromatic carbocycles. The minimum absolute atomic E-state index is 0.0678. The number of anilines is 1. The number of nitrogens with one attached hydrogen (secondary N) is 2. The van der Waals surface area contributed by atoms with E-state index >= 15 is 0 Å². The van der Waals surface area contributed by atoms with Crippen molar-refractivity contribution in [3.63, 3.8) is 0 Å². The van der Waals surface area contributed by atoms with E-state index in [1.165, 1.54) is 5.56 Å². The van der Waals surface area contributed by atoms with Crippen molar-refractivity contribution in [3.05, 3.63) is 48.3 Å². The largest absolute Gasteiger partial charge is 0.322 e. The summed E-state index contributed by atoms with van der Waals surface area (Å²) in [7, 11) is 1.75. The molecule has 0 fully saturated rings. The summed E-state index contributed by atoms with van der Waals surface area (Å²) in [5.74, 6) is -0.0678. The van der Waals surface area contributed by atoms with E-state index in [1.54, 1.807) is 17.9 Å². The highest BCUT2D eigenvalue weighted by molar-refractivity contribution is 5.94. The number of hydrogen-bond acceptors (Lipinski definition) is 3. The Morgan fingerprint density at radius 2 is 2.11 bits per heavy atom. The second kappa shape index (κ2) is 6.15. The van der Waals surface area contributed by atoms with Gasteiger partial charge in [0.15, 0.2) is 0 Å². The van der Waals surface area contributed by atoms with Crippen LogP contribution in [0.25, 0.3) is 0 Å². The zero-order chi connectivity index (χ0) is 13.7. The molecule has 1 heterocycles. The average molecular weight is 258 g/mol. The molecule has 1 atom stereocenters. The zero-order valence-corrected chi connectivity index (χ0v) is 11.1. The fourth-order valence-corrected chi connectivity index (χ4v) is 1.67. The third kappa shape index (κ3) is 3.66. The van der Waals surface area contributed by atoms with Gasteiger partial charge in [0.1, 0.15) is 0 Å². The molecule has 1 amide bonds. The number of likely N-dealkylation sites (N-methyl/N-ethyl adjacent to an activating group) is 1. The second-order valence-corrected chi connectivity index (χ2v) is 4.41. The van der Waals surface area contributed by atoms with Crippen molar-refractivity contribution in [2.75, 3.05) is 12.4 Å². The Morgan fingerprint density at radius 1 is 1.37 bits per heavy atom. The van der Waals surface area contributed by atoms with Gasteiger partial charge in [0.2, 0.25) is 5.91 Å². The van der Waals surface area contributed by atoms with Crippen molar-refractivity contribution < 1.29 is 4.79 Å². The lowest BCUT2D eigenvalue weighted by molar-refractivity contribution is -0.117. The van der Waals surface area contributed by atoms with Gasteiger partial charge in [0.05, 0.1) is 24.5 Å². The minimum atomic E-state index is -0.225. The Hall–Kier alpha value is -2.14. The monoisotopic (exact) mass is 258 g/mol. The summed E-state index contributed by atoms with van der Waals surface area (Å²) in [5, 5.41) is 9.94. The highest BCUT2D eigenvalue weighted by atomic mass is 16.2. The first-order valence-corrected chi connectivity index (χ1v) is 6.23. The van der Waals surface area contributed by atoms with Gasteiger partial charge in [0, 0.05) is 6.20 Å². The molecule has 0 aliphatic carbocycles. The molecule has 1 unspecified atom stereocenters. The van der Waals surface area contributed by atoms with E-state index in [0.29, 0.717) is 12.2 Å². The molecule has 0 radical (unpaired) electrons. The zero-order valence-electron chi connectivity index (χ0n) is 11.1. The van der Waals surface area contributed by atoms with Crippen LogP contribution in [-0.4, -0.2) is 28.8 Å². The van der Waals surface area contributed by atoms with Crippen LogP contribution in [0.3, 0.4) is 0 Å². The van der Waals surface area contributed by atoms with Crippen molar-refractivity contribution in [2.24, 2.45) is 0 Å². The Morgan fingerprint density at radius 3 is 2.79 bits per heavy atom. The molecule has 2 rings (SSSR count). The van der Waals surface area contributed by atoms with Crippen LogP contribution in [0.2, 0.25) is 0 Å². The number of hydrogen-bond donors (Lipinski definition) is 2. The first-order chi connectivity index (χ1) is 9.19. The minimum Gasteiger partial charge on any atom is -0.322 e. The summed E-state index contributed by atoms with van der Waals surface area (Å²) in [6, 6.07) is 9.84. The van der Waals surface area contributed by atoms with Crippen LogP contribution in [0.4, 0.5) is 5.69 Å². The first-order valence-electron chi connectivity index (χ1n) is 6.23. The van der Waals surface area contributed by atoms with Gasteiger partial charge >= 0.3 is 0 Å². The fourth-order valence-electron chi connectivity index (χ4n) is 1.67. The molecular formula is C14H18N4O. The summed E-state index contributed by atoms with van der Waals surface area (Å²) in [6.45, 7) is 2.50. The van der Waals surface area contributed by atoms with Gasteiger partial charge in [-0.1, -0.05) is 30.3 Å². The molecule has 0 spiro atoms. The van der Waals surface area contributed by atoms with Gasteiger partial charge in [-0.05, 0) is 19.5 Å². The van der Waals surface area contributed by atoms with Gasteiger partial charge in [-0.25, -0.2) is 0 Å². The van der Waals surface area contributed by atoms with Crippen LogP contribution < -0.4 is 10.6 Å². The lowest BCUT2D eigenvalue weighted by Gasteiger charge is -2.08. The predicted octanol–water partition coefficient (Wildman–Crippen LogP) is 1.48. The van der Waals surface area contributed by atoms with Gasteiger partial charge in [-0.2, -0.15) is 5.10 Å². The van der Waals surface area contributed by atoms with Crippen molar-refractivity contribution in [1.82, 2.24) is 15.1 Å². The molecule has 19 heavy (non-hydrogen) atoms. The van der Waals surface area contributed by atoms with Crippen molar-refractivity contribution in [2.45, 2.75) is 19.5 Å². The van der Waals surface area contributed by atoms with Crippen LogP contribution in [0.1, 0.15) is 12.5 Å². The number of aromatic nitrogens is 2. The van der Waals surface area contributed by atoms with E-state index in [9.17, 15) is 4.79 Å². The smallest absolute Gasteiger partial charge is 0.241 e. The SMILES string of the molecule is CNC(C)C(=O)Nc1cnn(Cc2ccccc2)c1. The van der Waals surface area contributed by atoms with Gasteiger partial charge in [-0.15, -0.1) is 0 Å². The quantitative estimate of drug-likeness (QED) is 0.854. The lowest BCUT2D eigenvalue weighted by Crippen LogP contribution is -2.35. The number of benzene rings is 1. The molecule has 5 heteroatoms. The maximum atomic E-state index is 11.7. The molecule has 0 saturated heterocycles. The van der Waals surface area contributed by atoms with Crippen LogP contribution in [-0.2, 0) is 11.3 Å². The van der Waals surface area contributed by atoms with E-state index in [2.05, 4.69) is 15.7 Å². The number of carbonyl (C=O) groups is 1. The van der Waals surface area contributed by atoms with Crippen molar-refractivity contribution in [3.8, 4) is 0 Å². The Bertz CT molecular complexity index is 535. The van der Waals surface area contributed by atoms with Crippen LogP contribution in [0, 0.1) is 0 Å².